The molecule has 2 aromatic carbocycles. The Bertz CT molecular complexity index is 1430. The van der Waals surface area contributed by atoms with E-state index in [0.29, 0.717) is 23.2 Å². The number of rotatable bonds is 3. The maximum atomic E-state index is 12.4. The molecule has 0 aliphatic carbocycles. The van der Waals surface area contributed by atoms with Crippen LogP contribution >= 0.6 is 0 Å². The summed E-state index contributed by atoms with van der Waals surface area (Å²) in [5.74, 6) is -0.422. The summed E-state index contributed by atoms with van der Waals surface area (Å²) in [4.78, 5) is 19.9. The van der Waals surface area contributed by atoms with Gasteiger partial charge in [-0.1, -0.05) is 18.2 Å². The van der Waals surface area contributed by atoms with Gasteiger partial charge in [0.25, 0.3) is 0 Å². The summed E-state index contributed by atoms with van der Waals surface area (Å²) in [6, 6.07) is 19.0. The van der Waals surface area contributed by atoms with Gasteiger partial charge in [-0.2, -0.15) is 5.26 Å². The van der Waals surface area contributed by atoms with Gasteiger partial charge in [-0.3, -0.25) is 4.57 Å². The smallest absolute Gasteiger partial charge is 0.408 e. The van der Waals surface area contributed by atoms with Gasteiger partial charge in [-0.15, -0.1) is 0 Å². The van der Waals surface area contributed by atoms with Crippen molar-refractivity contribution in [2.45, 2.75) is 6.54 Å². The first-order valence-corrected chi connectivity index (χ1v) is 8.77. The van der Waals surface area contributed by atoms with Gasteiger partial charge in [0.1, 0.15) is 5.65 Å². The predicted octanol–water partition coefficient (Wildman–Crippen LogP) is 4.06. The number of aromatic amines is 1. The minimum absolute atomic E-state index is 0.345. The lowest BCUT2D eigenvalue weighted by Gasteiger charge is -2.05. The zero-order valence-electron chi connectivity index (χ0n) is 14.7. The molecule has 0 atom stereocenters. The van der Waals surface area contributed by atoms with Crippen molar-refractivity contribution in [1.82, 2.24) is 14.5 Å². The highest BCUT2D eigenvalue weighted by molar-refractivity contribution is 5.85. The number of nitrogens with zero attached hydrogens (tertiary/aromatic N) is 3. The molecule has 0 bridgehead atoms. The molecule has 0 unspecified atom stereocenters. The highest BCUT2D eigenvalue weighted by atomic mass is 16.4. The summed E-state index contributed by atoms with van der Waals surface area (Å²) >= 11 is 0. The number of fused-ring (bicyclic) bond motifs is 2. The molecule has 3 aromatic heterocycles. The van der Waals surface area contributed by atoms with E-state index in [4.69, 9.17) is 9.68 Å². The minimum Gasteiger partial charge on any atom is -0.408 e. The molecule has 0 aliphatic rings. The van der Waals surface area contributed by atoms with E-state index in [1.54, 1.807) is 22.9 Å². The molecule has 3 heterocycles. The van der Waals surface area contributed by atoms with Crippen LogP contribution in [0.3, 0.4) is 0 Å². The molecule has 0 radical (unpaired) electrons. The number of pyridine rings is 1. The van der Waals surface area contributed by atoms with Crippen LogP contribution < -0.4 is 5.76 Å². The van der Waals surface area contributed by atoms with Gasteiger partial charge >= 0.3 is 5.76 Å². The number of nitrogens with one attached hydrogen (secondary N) is 1. The summed E-state index contributed by atoms with van der Waals surface area (Å²) in [6.45, 7) is 0.345. The summed E-state index contributed by atoms with van der Waals surface area (Å²) in [6.07, 6.45) is 3.65. The fourth-order valence-electron chi connectivity index (χ4n) is 3.42. The van der Waals surface area contributed by atoms with Crippen LogP contribution in [0.1, 0.15) is 11.1 Å². The van der Waals surface area contributed by atoms with E-state index in [9.17, 15) is 4.79 Å². The van der Waals surface area contributed by atoms with Crippen molar-refractivity contribution in [2.24, 2.45) is 0 Å². The second-order valence-electron chi connectivity index (χ2n) is 6.59. The Hall–Kier alpha value is -4.11. The Balaban J connectivity index is 1.56. The van der Waals surface area contributed by atoms with Crippen LogP contribution in [0.15, 0.2) is 76.2 Å². The molecule has 0 fully saturated rings. The van der Waals surface area contributed by atoms with Crippen LogP contribution in [0.2, 0.25) is 0 Å². The lowest BCUT2D eigenvalue weighted by atomic mass is 10.1. The third-order valence-electron chi connectivity index (χ3n) is 4.80. The van der Waals surface area contributed by atoms with Crippen molar-refractivity contribution in [3.05, 3.63) is 88.7 Å². The van der Waals surface area contributed by atoms with Gasteiger partial charge in [0, 0.05) is 23.3 Å². The minimum atomic E-state index is -0.422. The standard InChI is InChI=1S/C22H14N4O2/c23-11-14-2-1-3-15(8-14)13-26-19-5-4-16(10-20(19)28-22(26)27)18-9-17-6-7-24-21(17)25-12-18/h1-10,12H,13H2,(H,24,25). The largest absolute Gasteiger partial charge is 0.420 e. The Labute approximate surface area is 159 Å². The normalized spacial score (nSPS) is 11.1. The molecule has 6 nitrogen and oxygen atoms in total. The lowest BCUT2D eigenvalue weighted by molar-refractivity contribution is 0.518. The fraction of sp³-hybridized carbons (Fsp3) is 0.0455. The third kappa shape index (κ3) is 2.66. The van der Waals surface area contributed by atoms with Gasteiger partial charge < -0.3 is 9.40 Å². The van der Waals surface area contributed by atoms with E-state index in [1.165, 1.54) is 0 Å². The molecule has 0 amide bonds. The Morgan fingerprint density at radius 2 is 2.04 bits per heavy atom. The summed E-state index contributed by atoms with van der Waals surface area (Å²) < 4.78 is 7.05. The first kappa shape index (κ1) is 16.1. The van der Waals surface area contributed by atoms with E-state index in [-0.39, 0.29) is 0 Å². The molecule has 28 heavy (non-hydrogen) atoms. The number of nitriles is 1. The fourth-order valence-corrected chi connectivity index (χ4v) is 3.42. The topological polar surface area (TPSA) is 87.6 Å². The van der Waals surface area contributed by atoms with Gasteiger partial charge in [0.05, 0.1) is 23.7 Å². The van der Waals surface area contributed by atoms with Crippen molar-refractivity contribution in [2.75, 3.05) is 0 Å². The highest BCUT2D eigenvalue weighted by Crippen LogP contribution is 2.26. The average molecular weight is 366 g/mol. The zero-order chi connectivity index (χ0) is 19.1. The van der Waals surface area contributed by atoms with Crippen LogP contribution in [0.4, 0.5) is 0 Å². The molecule has 0 saturated carbocycles. The number of H-pyrrole nitrogens is 1. The van der Waals surface area contributed by atoms with Crippen molar-refractivity contribution >= 4 is 22.1 Å². The molecule has 5 rings (SSSR count). The van der Waals surface area contributed by atoms with Crippen LogP contribution in [-0.4, -0.2) is 14.5 Å². The van der Waals surface area contributed by atoms with E-state index >= 15 is 0 Å². The summed E-state index contributed by atoms with van der Waals surface area (Å²) in [7, 11) is 0. The Kier molecular flexibility index (Phi) is 3.59. The monoisotopic (exact) mass is 366 g/mol. The number of hydrogen-bond acceptors (Lipinski definition) is 4. The van der Waals surface area contributed by atoms with E-state index < -0.39 is 5.76 Å². The van der Waals surface area contributed by atoms with Crippen LogP contribution in [0.5, 0.6) is 0 Å². The maximum Gasteiger partial charge on any atom is 0.420 e. The van der Waals surface area contributed by atoms with Gasteiger partial charge in [0.15, 0.2) is 5.58 Å². The second kappa shape index (κ2) is 6.25. The quantitative estimate of drug-likeness (QED) is 0.522. The molecule has 6 heteroatoms. The van der Waals surface area contributed by atoms with E-state index in [0.717, 1.165) is 27.7 Å². The molecule has 0 saturated heterocycles. The highest BCUT2D eigenvalue weighted by Gasteiger charge is 2.12. The molecule has 0 spiro atoms. The average Bonchev–Trinajstić information content (AvgIpc) is 3.31. The number of aromatic nitrogens is 3. The molecular weight excluding hydrogens is 352 g/mol. The lowest BCUT2D eigenvalue weighted by Crippen LogP contribution is -2.14. The molecule has 134 valence electrons. The van der Waals surface area contributed by atoms with Crippen molar-refractivity contribution in [3.8, 4) is 17.2 Å². The van der Waals surface area contributed by atoms with Gasteiger partial charge in [-0.25, -0.2) is 9.78 Å². The first-order chi connectivity index (χ1) is 13.7. The van der Waals surface area contributed by atoms with E-state index in [1.807, 2.05) is 48.7 Å². The third-order valence-corrected chi connectivity index (χ3v) is 4.80. The Morgan fingerprint density at radius 1 is 1.11 bits per heavy atom. The van der Waals surface area contributed by atoms with Gasteiger partial charge in [-0.05, 0) is 47.5 Å². The van der Waals surface area contributed by atoms with Gasteiger partial charge in [0.2, 0.25) is 0 Å². The van der Waals surface area contributed by atoms with Crippen molar-refractivity contribution in [1.29, 1.82) is 5.26 Å². The number of hydrogen-bond donors (Lipinski definition) is 1. The maximum absolute atomic E-state index is 12.4. The second-order valence-corrected chi connectivity index (χ2v) is 6.59. The van der Waals surface area contributed by atoms with Crippen LogP contribution in [-0.2, 0) is 6.54 Å². The van der Waals surface area contributed by atoms with Crippen LogP contribution in [0.25, 0.3) is 33.3 Å². The molecule has 0 aliphatic heterocycles. The summed E-state index contributed by atoms with van der Waals surface area (Å²) in [5.41, 5.74) is 5.38. The zero-order valence-corrected chi connectivity index (χ0v) is 14.7. The predicted molar refractivity (Wildman–Crippen MR) is 106 cm³/mol. The number of oxazole rings is 1. The summed E-state index contributed by atoms with van der Waals surface area (Å²) in [5, 5.41) is 10.1. The van der Waals surface area contributed by atoms with Crippen molar-refractivity contribution < 1.29 is 4.42 Å². The number of benzene rings is 2. The molecule has 1 N–H and O–H groups in total. The molecule has 5 aromatic rings. The first-order valence-electron chi connectivity index (χ1n) is 8.77. The van der Waals surface area contributed by atoms with Crippen LogP contribution in [0, 0.1) is 11.3 Å². The van der Waals surface area contributed by atoms with Crippen molar-refractivity contribution in [3.63, 3.8) is 0 Å². The SMILES string of the molecule is N#Cc1cccc(Cn2c(=O)oc3cc(-c4cnc5[nH]ccc5c4)ccc32)c1. The molecular formula is C22H14N4O2. The Morgan fingerprint density at radius 3 is 2.93 bits per heavy atom. The van der Waals surface area contributed by atoms with E-state index in [2.05, 4.69) is 16.0 Å².